The average Bonchev–Trinajstić information content (AvgIpc) is 2.65. The number of carbonyl (C=O) groups is 1. The van der Waals surface area contributed by atoms with Crippen LogP contribution in [0, 0.1) is 25.6 Å². The van der Waals surface area contributed by atoms with Gasteiger partial charge < -0.3 is 10.1 Å². The molecule has 114 valence electrons. The van der Waals surface area contributed by atoms with E-state index in [1.54, 1.807) is 13.8 Å². The Hall–Kier alpha value is -1.46. The Kier molecular flexibility index (Phi) is 3.95. The van der Waals surface area contributed by atoms with E-state index in [4.69, 9.17) is 4.74 Å². The molecule has 0 saturated carbocycles. The quantitative estimate of drug-likeness (QED) is 0.895. The molecule has 21 heavy (non-hydrogen) atoms. The molecule has 1 aromatic carbocycles. The zero-order chi connectivity index (χ0) is 15.0. The molecule has 2 aliphatic heterocycles. The van der Waals surface area contributed by atoms with Crippen molar-refractivity contribution < 1.29 is 13.9 Å². The van der Waals surface area contributed by atoms with Crippen LogP contribution in [0.1, 0.15) is 16.7 Å². The Labute approximate surface area is 124 Å². The van der Waals surface area contributed by atoms with Crippen LogP contribution in [0.2, 0.25) is 0 Å². The zero-order valence-corrected chi connectivity index (χ0v) is 12.5. The number of nitrogens with zero attached hydrogens (tertiary/aromatic N) is 1. The van der Waals surface area contributed by atoms with Gasteiger partial charge in [-0.15, -0.1) is 0 Å². The fourth-order valence-corrected chi connectivity index (χ4v) is 3.23. The normalized spacial score (nSPS) is 26.3. The lowest BCUT2D eigenvalue weighted by molar-refractivity contribution is -0.125. The van der Waals surface area contributed by atoms with Gasteiger partial charge >= 0.3 is 0 Å². The maximum Gasteiger partial charge on any atom is 0.227 e. The Bertz CT molecular complexity index is 538. The standard InChI is InChI=1S/C16H21FN2O2/c1-10-3-12(4-11(2)15(10)17)5-19-6-13-8-21-9-14(7-19)18-16(13)20/h3-4,13-14H,5-9H2,1-2H3,(H,18,20)/t13-,14+/m1/s1. The minimum Gasteiger partial charge on any atom is -0.378 e. The Morgan fingerprint density at radius 1 is 1.29 bits per heavy atom. The second-order valence-electron chi connectivity index (χ2n) is 6.18. The van der Waals surface area contributed by atoms with Gasteiger partial charge in [-0.3, -0.25) is 9.69 Å². The van der Waals surface area contributed by atoms with Crippen LogP contribution in [-0.2, 0) is 16.1 Å². The van der Waals surface area contributed by atoms with E-state index in [0.29, 0.717) is 30.9 Å². The van der Waals surface area contributed by atoms with Gasteiger partial charge in [-0.05, 0) is 30.5 Å². The summed E-state index contributed by atoms with van der Waals surface area (Å²) in [4.78, 5) is 14.2. The van der Waals surface area contributed by atoms with Crippen LogP contribution >= 0.6 is 0 Å². The van der Waals surface area contributed by atoms with Gasteiger partial charge in [0.05, 0.1) is 25.2 Å². The van der Waals surface area contributed by atoms with Crippen molar-refractivity contribution in [3.05, 3.63) is 34.6 Å². The molecule has 3 rings (SSSR count). The molecule has 2 bridgehead atoms. The monoisotopic (exact) mass is 292 g/mol. The molecule has 1 aromatic rings. The molecule has 2 heterocycles. The van der Waals surface area contributed by atoms with E-state index in [1.165, 1.54) is 0 Å². The summed E-state index contributed by atoms with van der Waals surface area (Å²) in [5, 5.41) is 3.02. The van der Waals surface area contributed by atoms with E-state index in [9.17, 15) is 9.18 Å². The van der Waals surface area contributed by atoms with Gasteiger partial charge in [-0.2, -0.15) is 0 Å². The van der Waals surface area contributed by atoms with E-state index in [1.807, 2.05) is 12.1 Å². The van der Waals surface area contributed by atoms with Crippen molar-refractivity contribution in [2.45, 2.75) is 26.4 Å². The van der Waals surface area contributed by atoms with Crippen molar-refractivity contribution in [2.75, 3.05) is 26.3 Å². The summed E-state index contributed by atoms with van der Waals surface area (Å²) in [6.45, 7) is 6.85. The van der Waals surface area contributed by atoms with E-state index in [-0.39, 0.29) is 23.7 Å². The van der Waals surface area contributed by atoms with Crippen LogP contribution in [0.4, 0.5) is 4.39 Å². The first kappa shape index (κ1) is 14.5. The van der Waals surface area contributed by atoms with Crippen molar-refractivity contribution >= 4 is 5.91 Å². The number of fused-ring (bicyclic) bond motifs is 3. The van der Waals surface area contributed by atoms with Crippen LogP contribution in [-0.4, -0.2) is 43.2 Å². The Balaban J connectivity index is 1.77. The first-order valence-electron chi connectivity index (χ1n) is 7.39. The molecule has 2 aliphatic rings. The second-order valence-corrected chi connectivity index (χ2v) is 6.18. The predicted octanol–water partition coefficient (Wildman–Crippen LogP) is 1.39. The lowest BCUT2D eigenvalue weighted by Gasteiger charge is -2.27. The number of aryl methyl sites for hydroxylation is 2. The third-order valence-electron chi connectivity index (χ3n) is 4.21. The summed E-state index contributed by atoms with van der Waals surface area (Å²) in [6, 6.07) is 3.84. The molecule has 0 spiro atoms. The van der Waals surface area contributed by atoms with Gasteiger partial charge in [-0.1, -0.05) is 12.1 Å². The third-order valence-corrected chi connectivity index (χ3v) is 4.21. The van der Waals surface area contributed by atoms with Gasteiger partial charge in [-0.25, -0.2) is 4.39 Å². The van der Waals surface area contributed by atoms with Crippen LogP contribution in [0.25, 0.3) is 0 Å². The number of halogens is 1. The Morgan fingerprint density at radius 2 is 2.00 bits per heavy atom. The zero-order valence-electron chi connectivity index (χ0n) is 12.5. The smallest absolute Gasteiger partial charge is 0.227 e. The van der Waals surface area contributed by atoms with Crippen LogP contribution in [0.3, 0.4) is 0 Å². The molecule has 0 aliphatic carbocycles. The van der Waals surface area contributed by atoms with Gasteiger partial charge in [0, 0.05) is 19.6 Å². The number of benzene rings is 1. The lowest BCUT2D eigenvalue weighted by atomic mass is 10.0. The highest BCUT2D eigenvalue weighted by Crippen LogP contribution is 2.19. The number of amides is 1. The third kappa shape index (κ3) is 3.09. The number of ether oxygens (including phenoxy) is 1. The second kappa shape index (κ2) is 5.73. The van der Waals surface area contributed by atoms with Crippen molar-refractivity contribution in [2.24, 2.45) is 5.92 Å². The number of nitrogens with one attached hydrogen (secondary N) is 1. The van der Waals surface area contributed by atoms with Crippen molar-refractivity contribution in [3.63, 3.8) is 0 Å². The van der Waals surface area contributed by atoms with Gasteiger partial charge in [0.2, 0.25) is 5.91 Å². The highest BCUT2D eigenvalue weighted by atomic mass is 19.1. The molecule has 2 saturated heterocycles. The summed E-state index contributed by atoms with van der Waals surface area (Å²) in [5.74, 6) is -0.150. The SMILES string of the molecule is Cc1cc(CN2C[C@H]3COC[C@@H](C2)C(=O)N3)cc(C)c1F. The highest BCUT2D eigenvalue weighted by Gasteiger charge is 2.33. The minimum absolute atomic E-state index is 0.0487. The van der Waals surface area contributed by atoms with Gasteiger partial charge in [0.15, 0.2) is 0 Å². The predicted molar refractivity (Wildman–Crippen MR) is 77.4 cm³/mol. The molecular weight excluding hydrogens is 271 g/mol. The van der Waals surface area contributed by atoms with E-state index in [0.717, 1.165) is 18.7 Å². The summed E-state index contributed by atoms with van der Waals surface area (Å²) in [7, 11) is 0. The minimum atomic E-state index is -0.128. The molecule has 5 heteroatoms. The largest absolute Gasteiger partial charge is 0.378 e. The van der Waals surface area contributed by atoms with Gasteiger partial charge in [0.25, 0.3) is 0 Å². The molecule has 0 radical (unpaired) electrons. The molecule has 1 amide bonds. The van der Waals surface area contributed by atoms with Crippen molar-refractivity contribution in [1.29, 1.82) is 0 Å². The summed E-state index contributed by atoms with van der Waals surface area (Å²) < 4.78 is 19.2. The summed E-state index contributed by atoms with van der Waals surface area (Å²) in [5.41, 5.74) is 2.45. The number of rotatable bonds is 2. The number of carbonyl (C=O) groups excluding carboxylic acids is 1. The lowest BCUT2D eigenvalue weighted by Crippen LogP contribution is -2.41. The topological polar surface area (TPSA) is 41.6 Å². The molecule has 2 fully saturated rings. The van der Waals surface area contributed by atoms with E-state index < -0.39 is 0 Å². The Morgan fingerprint density at radius 3 is 2.71 bits per heavy atom. The molecule has 0 unspecified atom stereocenters. The molecular formula is C16H21FN2O2. The number of hydrogen-bond acceptors (Lipinski definition) is 3. The van der Waals surface area contributed by atoms with E-state index in [2.05, 4.69) is 10.2 Å². The maximum atomic E-state index is 13.7. The molecule has 4 nitrogen and oxygen atoms in total. The van der Waals surface area contributed by atoms with Crippen LogP contribution in [0.5, 0.6) is 0 Å². The first-order valence-corrected chi connectivity index (χ1v) is 7.39. The van der Waals surface area contributed by atoms with Crippen molar-refractivity contribution in [1.82, 2.24) is 10.2 Å². The number of hydrogen-bond donors (Lipinski definition) is 1. The molecule has 0 aromatic heterocycles. The maximum absolute atomic E-state index is 13.7. The fourth-order valence-electron chi connectivity index (χ4n) is 3.23. The molecule has 1 N–H and O–H groups in total. The van der Waals surface area contributed by atoms with E-state index >= 15 is 0 Å². The molecule has 2 atom stereocenters. The fraction of sp³-hybridized carbons (Fsp3) is 0.562. The average molecular weight is 292 g/mol. The summed E-state index contributed by atoms with van der Waals surface area (Å²) >= 11 is 0. The summed E-state index contributed by atoms with van der Waals surface area (Å²) in [6.07, 6.45) is 0. The highest BCUT2D eigenvalue weighted by molar-refractivity contribution is 5.79. The first-order chi connectivity index (χ1) is 10.0. The van der Waals surface area contributed by atoms with Crippen molar-refractivity contribution in [3.8, 4) is 0 Å². The van der Waals surface area contributed by atoms with Crippen LogP contribution in [0.15, 0.2) is 12.1 Å². The van der Waals surface area contributed by atoms with Crippen LogP contribution < -0.4 is 5.32 Å². The van der Waals surface area contributed by atoms with Gasteiger partial charge in [0.1, 0.15) is 5.82 Å².